The number of thiocarbonyl (C=S) groups is 1. The maximum atomic E-state index is 13.9. The van der Waals surface area contributed by atoms with Crippen LogP contribution in [0.25, 0.3) is 0 Å². The van der Waals surface area contributed by atoms with Crippen LogP contribution in [-0.4, -0.2) is 4.99 Å². The number of benzene rings is 2. The fourth-order valence-corrected chi connectivity index (χ4v) is 2.27. The minimum atomic E-state index is -0.384. The first-order valence-corrected chi connectivity index (χ1v) is 7.29. The van der Waals surface area contributed by atoms with Crippen LogP contribution in [0.1, 0.15) is 23.6 Å². The summed E-state index contributed by atoms with van der Waals surface area (Å²) in [5.74, 6) is 0.277. The van der Waals surface area contributed by atoms with Gasteiger partial charge in [0.05, 0.1) is 0 Å². The Morgan fingerprint density at radius 3 is 2.62 bits per heavy atom. The maximum absolute atomic E-state index is 13.9. The summed E-state index contributed by atoms with van der Waals surface area (Å²) in [6.07, 6.45) is 0.813. The van der Waals surface area contributed by atoms with Gasteiger partial charge in [0.25, 0.3) is 0 Å². The number of ether oxygens (including phenoxy) is 1. The summed E-state index contributed by atoms with van der Waals surface area (Å²) >= 11 is 10.9. The SMILES string of the molecule is CCc1cc(OCc2ccc(C(N)=S)cc2F)ccc1Cl. The van der Waals surface area contributed by atoms with Crippen molar-refractivity contribution in [3.05, 3.63) is 63.9 Å². The van der Waals surface area contributed by atoms with Crippen molar-refractivity contribution in [1.29, 1.82) is 0 Å². The number of halogens is 2. The van der Waals surface area contributed by atoms with Gasteiger partial charge in [0.2, 0.25) is 0 Å². The average molecular weight is 324 g/mol. The predicted octanol–water partition coefficient (Wildman–Crippen LogP) is 4.25. The van der Waals surface area contributed by atoms with Crippen molar-refractivity contribution in [1.82, 2.24) is 0 Å². The van der Waals surface area contributed by atoms with Crippen LogP contribution < -0.4 is 10.5 Å². The van der Waals surface area contributed by atoms with E-state index in [1.807, 2.05) is 13.0 Å². The predicted molar refractivity (Wildman–Crippen MR) is 87.4 cm³/mol. The Morgan fingerprint density at radius 2 is 2.00 bits per heavy atom. The normalized spacial score (nSPS) is 10.4. The molecule has 2 rings (SSSR count). The molecule has 0 atom stereocenters. The lowest BCUT2D eigenvalue weighted by Crippen LogP contribution is -2.10. The highest BCUT2D eigenvalue weighted by Crippen LogP contribution is 2.23. The summed E-state index contributed by atoms with van der Waals surface area (Å²) in [5, 5.41) is 0.705. The monoisotopic (exact) mass is 323 g/mol. The van der Waals surface area contributed by atoms with Gasteiger partial charge >= 0.3 is 0 Å². The Kier molecular flexibility index (Phi) is 5.15. The van der Waals surface area contributed by atoms with Gasteiger partial charge in [-0.2, -0.15) is 0 Å². The molecule has 5 heteroatoms. The molecule has 2 N–H and O–H groups in total. The third-order valence-electron chi connectivity index (χ3n) is 3.13. The summed E-state index contributed by atoms with van der Waals surface area (Å²) in [6.45, 7) is 2.15. The van der Waals surface area contributed by atoms with Crippen LogP contribution in [0.5, 0.6) is 5.75 Å². The molecule has 21 heavy (non-hydrogen) atoms. The molecular weight excluding hydrogens is 309 g/mol. The van der Waals surface area contributed by atoms with Crippen molar-refractivity contribution in [3.8, 4) is 5.75 Å². The number of hydrogen-bond acceptors (Lipinski definition) is 2. The lowest BCUT2D eigenvalue weighted by Gasteiger charge is -2.10. The summed E-state index contributed by atoms with van der Waals surface area (Å²) in [6, 6.07) is 10.0. The zero-order valence-electron chi connectivity index (χ0n) is 11.5. The van der Waals surface area contributed by atoms with Crippen LogP contribution in [0.3, 0.4) is 0 Å². The van der Waals surface area contributed by atoms with Gasteiger partial charge in [-0.3, -0.25) is 0 Å². The standard InChI is InChI=1S/C16H15ClFNOS/c1-2-10-7-13(5-6-14(10)17)20-9-12-4-3-11(16(19)21)8-15(12)18/h3-8H,2,9H2,1H3,(H2,19,21). The molecule has 0 aliphatic heterocycles. The first-order chi connectivity index (χ1) is 10.0. The number of hydrogen-bond donors (Lipinski definition) is 1. The first-order valence-electron chi connectivity index (χ1n) is 6.50. The molecule has 0 spiro atoms. The van der Waals surface area contributed by atoms with Crippen molar-refractivity contribution in [2.75, 3.05) is 0 Å². The van der Waals surface area contributed by atoms with Crippen molar-refractivity contribution < 1.29 is 9.13 Å². The highest BCUT2D eigenvalue weighted by Gasteiger charge is 2.07. The molecule has 0 amide bonds. The van der Waals surface area contributed by atoms with E-state index in [1.54, 1.807) is 24.3 Å². The lowest BCUT2D eigenvalue weighted by atomic mass is 10.1. The van der Waals surface area contributed by atoms with Gasteiger partial charge in [-0.15, -0.1) is 0 Å². The molecule has 110 valence electrons. The van der Waals surface area contributed by atoms with E-state index in [0.717, 1.165) is 12.0 Å². The lowest BCUT2D eigenvalue weighted by molar-refractivity contribution is 0.299. The highest BCUT2D eigenvalue weighted by atomic mass is 35.5. The molecule has 0 aliphatic carbocycles. The molecule has 2 aromatic rings. The molecule has 2 aromatic carbocycles. The molecule has 0 heterocycles. The van der Waals surface area contributed by atoms with Crippen molar-refractivity contribution in [2.45, 2.75) is 20.0 Å². The van der Waals surface area contributed by atoms with E-state index in [1.165, 1.54) is 6.07 Å². The molecule has 0 saturated carbocycles. The van der Waals surface area contributed by atoms with Crippen molar-refractivity contribution in [3.63, 3.8) is 0 Å². The second-order valence-corrected chi connectivity index (χ2v) is 5.41. The molecule has 0 saturated heterocycles. The smallest absolute Gasteiger partial charge is 0.130 e. The van der Waals surface area contributed by atoms with E-state index in [0.29, 0.717) is 21.9 Å². The van der Waals surface area contributed by atoms with Crippen molar-refractivity contribution >= 4 is 28.8 Å². The minimum Gasteiger partial charge on any atom is -0.489 e. The van der Waals surface area contributed by atoms with Gasteiger partial charge in [0.15, 0.2) is 0 Å². The third-order valence-corrected chi connectivity index (χ3v) is 3.73. The first kappa shape index (κ1) is 15.7. The van der Waals surface area contributed by atoms with E-state index in [4.69, 9.17) is 34.3 Å². The van der Waals surface area contributed by atoms with E-state index in [2.05, 4.69) is 0 Å². The van der Waals surface area contributed by atoms with Crippen LogP contribution in [0.15, 0.2) is 36.4 Å². The van der Waals surface area contributed by atoms with Gasteiger partial charge in [0.1, 0.15) is 23.2 Å². The summed E-state index contributed by atoms with van der Waals surface area (Å²) in [5.41, 5.74) is 7.42. The quantitative estimate of drug-likeness (QED) is 0.835. The fourth-order valence-electron chi connectivity index (χ4n) is 1.89. The topological polar surface area (TPSA) is 35.2 Å². The molecule has 0 aliphatic rings. The number of aryl methyl sites for hydroxylation is 1. The van der Waals surface area contributed by atoms with Gasteiger partial charge in [-0.05, 0) is 36.2 Å². The zero-order valence-corrected chi connectivity index (χ0v) is 13.1. The van der Waals surface area contributed by atoms with E-state index >= 15 is 0 Å². The second kappa shape index (κ2) is 6.87. The molecule has 0 fully saturated rings. The summed E-state index contributed by atoms with van der Waals surface area (Å²) in [7, 11) is 0. The van der Waals surface area contributed by atoms with Gasteiger partial charge < -0.3 is 10.5 Å². The Labute approximate surface area is 133 Å². The molecular formula is C16H15ClFNOS. The third kappa shape index (κ3) is 3.93. The van der Waals surface area contributed by atoms with E-state index in [9.17, 15) is 4.39 Å². The highest BCUT2D eigenvalue weighted by molar-refractivity contribution is 7.80. The second-order valence-electron chi connectivity index (χ2n) is 4.57. The van der Waals surface area contributed by atoms with Gasteiger partial charge in [-0.25, -0.2) is 4.39 Å². The molecule has 0 aromatic heterocycles. The minimum absolute atomic E-state index is 0.133. The van der Waals surface area contributed by atoms with Gasteiger partial charge in [0, 0.05) is 16.1 Å². The van der Waals surface area contributed by atoms with E-state index in [-0.39, 0.29) is 17.4 Å². The summed E-state index contributed by atoms with van der Waals surface area (Å²) in [4.78, 5) is 0.173. The maximum Gasteiger partial charge on any atom is 0.130 e. The van der Waals surface area contributed by atoms with Crippen LogP contribution in [-0.2, 0) is 13.0 Å². The Morgan fingerprint density at radius 1 is 1.24 bits per heavy atom. The van der Waals surface area contributed by atoms with Crippen LogP contribution in [0, 0.1) is 5.82 Å². The summed E-state index contributed by atoms with van der Waals surface area (Å²) < 4.78 is 19.5. The average Bonchev–Trinajstić information content (AvgIpc) is 2.47. The van der Waals surface area contributed by atoms with Crippen molar-refractivity contribution in [2.24, 2.45) is 5.73 Å². The molecule has 0 bridgehead atoms. The molecule has 0 radical (unpaired) electrons. The number of rotatable bonds is 5. The molecule has 0 unspecified atom stereocenters. The Bertz CT molecular complexity index is 675. The van der Waals surface area contributed by atoms with Crippen LogP contribution in [0.4, 0.5) is 4.39 Å². The Balaban J connectivity index is 2.11. The van der Waals surface area contributed by atoms with Crippen LogP contribution >= 0.6 is 23.8 Å². The largest absolute Gasteiger partial charge is 0.489 e. The number of nitrogens with two attached hydrogens (primary N) is 1. The van der Waals surface area contributed by atoms with Crippen LogP contribution in [0.2, 0.25) is 5.02 Å². The van der Waals surface area contributed by atoms with E-state index < -0.39 is 0 Å². The Hall–Kier alpha value is -1.65. The molecule has 2 nitrogen and oxygen atoms in total. The van der Waals surface area contributed by atoms with Gasteiger partial charge in [-0.1, -0.05) is 42.9 Å². The fraction of sp³-hybridized carbons (Fsp3) is 0.188. The zero-order chi connectivity index (χ0) is 15.4.